The second-order valence-corrected chi connectivity index (χ2v) is 8.72. The summed E-state index contributed by atoms with van der Waals surface area (Å²) in [5.41, 5.74) is 0. The van der Waals surface area contributed by atoms with Crippen molar-refractivity contribution in [2.75, 3.05) is 31.9 Å². The van der Waals surface area contributed by atoms with Crippen molar-refractivity contribution in [3.8, 4) is 0 Å². The number of amides is 1. The maximum absolute atomic E-state index is 12.7. The number of likely N-dealkylation sites (tertiary alicyclic amines) is 1. The monoisotopic (exact) mass is 316 g/mol. The van der Waals surface area contributed by atoms with Crippen LogP contribution in [0.4, 0.5) is 0 Å². The van der Waals surface area contributed by atoms with Crippen molar-refractivity contribution in [3.63, 3.8) is 0 Å². The van der Waals surface area contributed by atoms with Crippen LogP contribution in [0, 0.1) is 11.8 Å². The molecule has 2 atom stereocenters. The minimum atomic E-state index is -3.17. The molecule has 2 fully saturated rings. The summed E-state index contributed by atoms with van der Waals surface area (Å²) in [6.45, 7) is 6.51. The topological polar surface area (TPSA) is 57.7 Å². The Labute approximate surface area is 128 Å². The number of hydrogen-bond acceptors (Lipinski definition) is 3. The molecule has 0 aromatic carbocycles. The molecule has 0 radical (unpaired) electrons. The van der Waals surface area contributed by atoms with E-state index in [4.69, 9.17) is 0 Å². The first-order valence-corrected chi connectivity index (χ1v) is 9.81. The van der Waals surface area contributed by atoms with Gasteiger partial charge in [0.05, 0.1) is 11.7 Å². The van der Waals surface area contributed by atoms with E-state index in [1.165, 1.54) is 10.7 Å². The molecule has 2 aliphatic rings. The van der Waals surface area contributed by atoms with E-state index in [1.807, 2.05) is 4.90 Å². The lowest BCUT2D eigenvalue weighted by molar-refractivity contribution is -0.136. The van der Waals surface area contributed by atoms with Gasteiger partial charge in [0.25, 0.3) is 0 Å². The zero-order valence-electron chi connectivity index (χ0n) is 13.3. The van der Waals surface area contributed by atoms with E-state index in [9.17, 15) is 13.2 Å². The van der Waals surface area contributed by atoms with E-state index in [-0.39, 0.29) is 17.6 Å². The summed E-state index contributed by atoms with van der Waals surface area (Å²) in [5, 5.41) is 0. The highest BCUT2D eigenvalue weighted by atomic mass is 32.2. The highest BCUT2D eigenvalue weighted by molar-refractivity contribution is 7.89. The van der Waals surface area contributed by atoms with Crippen LogP contribution in [0.15, 0.2) is 0 Å². The third-order valence-electron chi connectivity index (χ3n) is 4.82. The zero-order valence-corrected chi connectivity index (χ0v) is 14.1. The number of carbonyl (C=O) groups excluding carboxylic acids is 1. The number of nitrogens with zero attached hydrogens (tertiary/aromatic N) is 2. The average Bonchev–Trinajstić information content (AvgIpc) is 2.71. The number of piperidine rings is 1. The zero-order chi connectivity index (χ0) is 15.5. The Morgan fingerprint density at radius 2 is 1.81 bits per heavy atom. The van der Waals surface area contributed by atoms with Crippen LogP contribution < -0.4 is 0 Å². The molecule has 2 heterocycles. The molecule has 1 amide bonds. The van der Waals surface area contributed by atoms with Crippen LogP contribution in [0.3, 0.4) is 0 Å². The predicted octanol–water partition coefficient (Wildman–Crippen LogP) is 1.70. The van der Waals surface area contributed by atoms with Gasteiger partial charge in [-0.3, -0.25) is 4.79 Å². The van der Waals surface area contributed by atoms with Crippen LogP contribution in [-0.2, 0) is 14.8 Å². The molecule has 0 aromatic heterocycles. The number of rotatable bonds is 3. The van der Waals surface area contributed by atoms with Crippen molar-refractivity contribution in [3.05, 3.63) is 0 Å². The molecule has 2 saturated heterocycles. The normalized spacial score (nSPS) is 29.1. The lowest BCUT2D eigenvalue weighted by Gasteiger charge is -2.34. The first-order chi connectivity index (χ1) is 9.94. The summed E-state index contributed by atoms with van der Waals surface area (Å²) >= 11 is 0. The van der Waals surface area contributed by atoms with Gasteiger partial charge in [0, 0.05) is 26.2 Å². The summed E-state index contributed by atoms with van der Waals surface area (Å²) in [4.78, 5) is 14.6. The summed E-state index contributed by atoms with van der Waals surface area (Å²) in [7, 11) is -3.17. The molecule has 0 spiro atoms. The van der Waals surface area contributed by atoms with Gasteiger partial charge in [-0.1, -0.05) is 6.92 Å². The van der Waals surface area contributed by atoms with Crippen LogP contribution in [0.5, 0.6) is 0 Å². The molecule has 2 unspecified atom stereocenters. The molecule has 0 saturated carbocycles. The Morgan fingerprint density at radius 3 is 2.52 bits per heavy atom. The lowest BCUT2D eigenvalue weighted by atomic mass is 9.98. The Morgan fingerprint density at radius 1 is 1.10 bits per heavy atom. The lowest BCUT2D eigenvalue weighted by Crippen LogP contribution is -2.47. The number of sulfonamides is 1. The first kappa shape index (κ1) is 16.7. The fourth-order valence-corrected chi connectivity index (χ4v) is 4.50. The van der Waals surface area contributed by atoms with Gasteiger partial charge in [0.15, 0.2) is 0 Å². The molecule has 0 aliphatic carbocycles. The fourth-order valence-electron chi connectivity index (χ4n) is 3.32. The molecule has 2 rings (SSSR count). The SMILES string of the molecule is CCS(=O)(=O)N1CCCC(C(=O)N2CCCC(C)CC2)C1. The molecular formula is C15H28N2O3S. The van der Waals surface area contributed by atoms with E-state index in [1.54, 1.807) is 6.92 Å². The molecule has 6 heteroatoms. The van der Waals surface area contributed by atoms with Crippen LogP contribution in [-0.4, -0.2) is 55.5 Å². The molecule has 0 aromatic rings. The Balaban J connectivity index is 1.98. The van der Waals surface area contributed by atoms with Crippen molar-refractivity contribution >= 4 is 15.9 Å². The van der Waals surface area contributed by atoms with Crippen LogP contribution in [0.25, 0.3) is 0 Å². The molecule has 5 nitrogen and oxygen atoms in total. The minimum absolute atomic E-state index is 0.120. The minimum Gasteiger partial charge on any atom is -0.342 e. The second-order valence-electron chi connectivity index (χ2n) is 6.46. The average molecular weight is 316 g/mol. The van der Waals surface area contributed by atoms with E-state index >= 15 is 0 Å². The van der Waals surface area contributed by atoms with Gasteiger partial charge in [-0.15, -0.1) is 0 Å². The van der Waals surface area contributed by atoms with E-state index in [0.29, 0.717) is 19.0 Å². The van der Waals surface area contributed by atoms with Crippen LogP contribution in [0.2, 0.25) is 0 Å². The van der Waals surface area contributed by atoms with Gasteiger partial charge in [-0.25, -0.2) is 12.7 Å². The largest absolute Gasteiger partial charge is 0.342 e. The van der Waals surface area contributed by atoms with Crippen molar-refractivity contribution in [2.24, 2.45) is 11.8 Å². The fraction of sp³-hybridized carbons (Fsp3) is 0.933. The second kappa shape index (κ2) is 7.09. The van der Waals surface area contributed by atoms with Crippen LogP contribution in [0.1, 0.15) is 46.0 Å². The third kappa shape index (κ3) is 4.19. The highest BCUT2D eigenvalue weighted by Crippen LogP contribution is 2.24. The molecule has 21 heavy (non-hydrogen) atoms. The number of hydrogen-bond donors (Lipinski definition) is 0. The maximum Gasteiger partial charge on any atom is 0.227 e. The third-order valence-corrected chi connectivity index (χ3v) is 6.67. The standard InChI is InChI=1S/C15H28N2O3S/c1-3-21(19,20)17-10-5-7-14(12-17)15(18)16-9-4-6-13(2)8-11-16/h13-14H,3-12H2,1-2H3. The molecule has 2 aliphatic heterocycles. The van der Waals surface area contributed by atoms with Gasteiger partial charge in [0.2, 0.25) is 15.9 Å². The van der Waals surface area contributed by atoms with Gasteiger partial charge in [-0.2, -0.15) is 0 Å². The van der Waals surface area contributed by atoms with Gasteiger partial charge >= 0.3 is 0 Å². The Hall–Kier alpha value is -0.620. The van der Waals surface area contributed by atoms with Crippen molar-refractivity contribution < 1.29 is 13.2 Å². The molecule has 0 N–H and O–H groups in total. The molecule has 0 bridgehead atoms. The summed E-state index contributed by atoms with van der Waals surface area (Å²) in [5.74, 6) is 0.828. The quantitative estimate of drug-likeness (QED) is 0.796. The number of carbonyl (C=O) groups is 1. The van der Waals surface area contributed by atoms with E-state index in [2.05, 4.69) is 6.92 Å². The van der Waals surface area contributed by atoms with Crippen molar-refractivity contribution in [2.45, 2.75) is 46.0 Å². The molecule has 122 valence electrons. The molecular weight excluding hydrogens is 288 g/mol. The van der Waals surface area contributed by atoms with Gasteiger partial charge < -0.3 is 4.90 Å². The van der Waals surface area contributed by atoms with Gasteiger partial charge in [-0.05, 0) is 44.9 Å². The van der Waals surface area contributed by atoms with Crippen LogP contribution >= 0.6 is 0 Å². The smallest absolute Gasteiger partial charge is 0.227 e. The summed E-state index contributed by atoms with van der Waals surface area (Å²) < 4.78 is 25.5. The maximum atomic E-state index is 12.7. The first-order valence-electron chi connectivity index (χ1n) is 8.20. The Kier molecular flexibility index (Phi) is 5.66. The van der Waals surface area contributed by atoms with E-state index < -0.39 is 10.0 Å². The Bertz CT molecular complexity index is 464. The van der Waals surface area contributed by atoms with Crippen molar-refractivity contribution in [1.82, 2.24) is 9.21 Å². The van der Waals surface area contributed by atoms with Crippen molar-refractivity contribution in [1.29, 1.82) is 0 Å². The summed E-state index contributed by atoms with van der Waals surface area (Å²) in [6, 6.07) is 0. The van der Waals surface area contributed by atoms with E-state index in [0.717, 1.165) is 38.8 Å². The highest BCUT2D eigenvalue weighted by Gasteiger charge is 2.33. The van der Waals surface area contributed by atoms with Gasteiger partial charge in [0.1, 0.15) is 0 Å². The summed E-state index contributed by atoms with van der Waals surface area (Å²) in [6.07, 6.45) is 4.93. The predicted molar refractivity (Wildman–Crippen MR) is 83.4 cm³/mol.